The Kier molecular flexibility index (Phi) is 19.6. The molecule has 6 atom stereocenters. The summed E-state index contributed by atoms with van der Waals surface area (Å²) in [5.41, 5.74) is 4.00. The molecular weight excluding hydrogens is 1020 g/mol. The second-order valence-electron chi connectivity index (χ2n) is 26.3. The summed E-state index contributed by atoms with van der Waals surface area (Å²) in [6.07, 6.45) is 3.40. The van der Waals surface area contributed by atoms with Crippen molar-refractivity contribution in [2.45, 2.75) is 189 Å². The van der Waals surface area contributed by atoms with Crippen LogP contribution < -0.4 is 21.3 Å². The molecule has 2 heterocycles. The van der Waals surface area contributed by atoms with E-state index in [4.69, 9.17) is 9.47 Å². The van der Waals surface area contributed by atoms with Gasteiger partial charge in [-0.15, -0.1) is 0 Å². The SMILES string of the molecule is CC1Cc2ccc(CCc3ccc(C(=O)NC4CC(C(=O)NC5CCCc6ccccc65)N(C(=O)C(NC(=O)CN(C)C(=O)OC(C)(C)C)C(C)(C)C)C4)cc3)cc2CN1C(=O)C(NC(=O)CN(C)C(=O)OC(C)(C)C)C(C)(C)C. The van der Waals surface area contributed by atoms with Crippen molar-refractivity contribution in [3.8, 4) is 0 Å². The quantitative estimate of drug-likeness (QED) is 0.118. The van der Waals surface area contributed by atoms with Crippen molar-refractivity contribution in [3.63, 3.8) is 0 Å². The molecule has 2 aliphatic heterocycles. The second-order valence-corrected chi connectivity index (χ2v) is 26.3. The normalized spacial score (nSPS) is 19.0. The molecule has 3 aliphatic rings. The van der Waals surface area contributed by atoms with E-state index in [1.54, 1.807) is 53.7 Å². The van der Waals surface area contributed by atoms with Crippen molar-refractivity contribution >= 4 is 47.6 Å². The van der Waals surface area contributed by atoms with Crippen molar-refractivity contribution in [1.82, 2.24) is 40.9 Å². The van der Waals surface area contributed by atoms with E-state index in [0.29, 0.717) is 31.4 Å². The number of hydrogen-bond acceptors (Lipinski definition) is 10. The van der Waals surface area contributed by atoms with Gasteiger partial charge in [-0.25, -0.2) is 9.59 Å². The van der Waals surface area contributed by atoms with Crippen LogP contribution in [0, 0.1) is 10.8 Å². The first-order valence-electron chi connectivity index (χ1n) is 28.1. The minimum atomic E-state index is -1.08. The Hall–Kier alpha value is -6.98. The van der Waals surface area contributed by atoms with E-state index in [0.717, 1.165) is 52.0 Å². The predicted molar refractivity (Wildman–Crippen MR) is 306 cm³/mol. The summed E-state index contributed by atoms with van der Waals surface area (Å²) in [5, 5.41) is 12.1. The van der Waals surface area contributed by atoms with E-state index in [-0.39, 0.29) is 55.9 Å². The molecule has 6 unspecified atom stereocenters. The number of carbonyl (C=O) groups excluding carboxylic acids is 8. The van der Waals surface area contributed by atoms with Crippen molar-refractivity contribution in [2.24, 2.45) is 10.8 Å². The van der Waals surface area contributed by atoms with Gasteiger partial charge in [0.15, 0.2) is 0 Å². The third-order valence-electron chi connectivity index (χ3n) is 14.8. The average molecular weight is 1110 g/mol. The maximum Gasteiger partial charge on any atom is 0.410 e. The molecule has 8 amide bonds. The minimum absolute atomic E-state index is 0.0246. The zero-order valence-corrected chi connectivity index (χ0v) is 50.0. The maximum absolute atomic E-state index is 14.8. The Morgan fingerprint density at radius 3 is 1.71 bits per heavy atom. The molecule has 0 aromatic heterocycles. The van der Waals surface area contributed by atoms with Gasteiger partial charge in [0.2, 0.25) is 29.5 Å². The largest absolute Gasteiger partial charge is 0.444 e. The fraction of sp³-hybridized carbons (Fsp3) is 0.581. The van der Waals surface area contributed by atoms with Gasteiger partial charge in [-0.3, -0.25) is 28.8 Å². The highest BCUT2D eigenvalue weighted by Gasteiger charge is 2.46. The van der Waals surface area contributed by atoms with Crippen LogP contribution in [0.15, 0.2) is 66.7 Å². The van der Waals surface area contributed by atoms with Crippen molar-refractivity contribution in [1.29, 1.82) is 0 Å². The van der Waals surface area contributed by atoms with Crippen LogP contribution in [0.4, 0.5) is 9.59 Å². The monoisotopic (exact) mass is 1100 g/mol. The fourth-order valence-electron chi connectivity index (χ4n) is 10.5. The molecule has 3 aromatic carbocycles. The lowest BCUT2D eigenvalue weighted by Gasteiger charge is -2.40. The molecule has 1 saturated heterocycles. The summed E-state index contributed by atoms with van der Waals surface area (Å²) in [6.45, 7) is 23.4. The highest BCUT2D eigenvalue weighted by Crippen LogP contribution is 2.33. The van der Waals surface area contributed by atoms with Gasteiger partial charge in [-0.2, -0.15) is 0 Å². The molecule has 18 nitrogen and oxygen atoms in total. The molecule has 80 heavy (non-hydrogen) atoms. The van der Waals surface area contributed by atoms with E-state index < -0.39 is 76.1 Å². The predicted octanol–water partition coefficient (Wildman–Crippen LogP) is 7.43. The van der Waals surface area contributed by atoms with E-state index >= 15 is 0 Å². The highest BCUT2D eigenvalue weighted by molar-refractivity contribution is 5.96. The Bertz CT molecular complexity index is 2770. The number of fused-ring (bicyclic) bond motifs is 2. The number of nitrogens with one attached hydrogen (secondary N) is 4. The zero-order valence-electron chi connectivity index (χ0n) is 50.0. The maximum atomic E-state index is 14.8. The van der Waals surface area contributed by atoms with E-state index in [1.807, 2.05) is 83.7 Å². The summed E-state index contributed by atoms with van der Waals surface area (Å²) in [5.74, 6) is -2.41. The van der Waals surface area contributed by atoms with Crippen LogP contribution in [-0.4, -0.2) is 142 Å². The van der Waals surface area contributed by atoms with E-state index in [2.05, 4.69) is 45.5 Å². The molecule has 436 valence electrons. The van der Waals surface area contributed by atoms with Crippen molar-refractivity contribution in [2.75, 3.05) is 33.7 Å². The highest BCUT2D eigenvalue weighted by atomic mass is 16.6. The standard InChI is InChI=1S/C62H88N8O10/c1-38-31-43-30-27-40(32-44(43)34-69(38)55(75)51(59(2,3)4)65-49(71)36-67(14)57(77)79-61(8,9)10)24-23-39-25-28-42(29-26-39)53(73)63-45-33-48(54(74)64-47-22-18-20-41-19-16-17-21-46(41)47)70(35-45)56(76)52(60(5,6)7)66-50(72)37-68(15)58(78)80-62(11,12)13/h16-17,19,21,25-30,32,38,45,47-48,51-52H,18,20,22-24,31,33-37H2,1-15H3,(H,63,73)(H,64,74)(H,65,71)(H,66,72). The third-order valence-corrected chi connectivity index (χ3v) is 14.8. The molecule has 0 saturated carbocycles. The number of carbonyl (C=O) groups is 8. The first-order chi connectivity index (χ1) is 37.2. The number of rotatable bonds is 15. The minimum Gasteiger partial charge on any atom is -0.444 e. The summed E-state index contributed by atoms with van der Waals surface area (Å²) >= 11 is 0. The van der Waals surface area contributed by atoms with Gasteiger partial charge in [-0.05, 0) is 150 Å². The molecule has 0 spiro atoms. The third kappa shape index (κ3) is 16.8. The van der Waals surface area contributed by atoms with Gasteiger partial charge < -0.3 is 50.3 Å². The molecule has 0 bridgehead atoms. The summed E-state index contributed by atoms with van der Waals surface area (Å²) in [4.78, 5) is 115. The summed E-state index contributed by atoms with van der Waals surface area (Å²) < 4.78 is 10.8. The lowest BCUT2D eigenvalue weighted by molar-refractivity contribution is -0.144. The first kappa shape index (κ1) is 62.2. The molecule has 1 aliphatic carbocycles. The van der Waals surface area contributed by atoms with Crippen LogP contribution in [0.2, 0.25) is 0 Å². The van der Waals surface area contributed by atoms with Crippen LogP contribution >= 0.6 is 0 Å². The molecular formula is C62H88N8O10. The topological polar surface area (TPSA) is 216 Å². The van der Waals surface area contributed by atoms with Crippen LogP contribution in [-0.2, 0) is 65.7 Å². The Morgan fingerprint density at radius 1 is 0.637 bits per heavy atom. The van der Waals surface area contributed by atoms with Gasteiger partial charge >= 0.3 is 12.2 Å². The van der Waals surface area contributed by atoms with Gasteiger partial charge in [0.25, 0.3) is 5.91 Å². The van der Waals surface area contributed by atoms with Crippen LogP contribution in [0.1, 0.15) is 159 Å². The smallest absolute Gasteiger partial charge is 0.410 e. The Labute approximate surface area is 473 Å². The van der Waals surface area contributed by atoms with Crippen LogP contribution in [0.5, 0.6) is 0 Å². The average Bonchev–Trinajstić information content (AvgIpc) is 3.78. The van der Waals surface area contributed by atoms with Gasteiger partial charge in [0.05, 0.1) is 6.04 Å². The number of likely N-dealkylation sites (N-methyl/N-ethyl adjacent to an activating group) is 2. The number of amides is 8. The molecule has 3 aromatic rings. The Balaban J connectivity index is 1.11. The number of benzene rings is 3. The molecule has 4 N–H and O–H groups in total. The van der Waals surface area contributed by atoms with Gasteiger partial charge in [0, 0.05) is 44.8 Å². The zero-order chi connectivity index (χ0) is 59.2. The van der Waals surface area contributed by atoms with Gasteiger partial charge in [0.1, 0.15) is 42.4 Å². The molecule has 0 radical (unpaired) electrons. The summed E-state index contributed by atoms with van der Waals surface area (Å²) in [6, 6.07) is 17.9. The van der Waals surface area contributed by atoms with Crippen molar-refractivity contribution < 1.29 is 47.8 Å². The number of hydrogen-bond donors (Lipinski definition) is 4. The lowest BCUT2D eigenvalue weighted by Crippen LogP contribution is -2.59. The van der Waals surface area contributed by atoms with E-state index in [1.165, 1.54) is 29.5 Å². The molecule has 18 heteroatoms. The Morgan fingerprint density at radius 2 is 1.16 bits per heavy atom. The van der Waals surface area contributed by atoms with Crippen LogP contribution in [0.3, 0.4) is 0 Å². The van der Waals surface area contributed by atoms with Crippen molar-refractivity contribution in [3.05, 3.63) is 106 Å². The van der Waals surface area contributed by atoms with Crippen LogP contribution in [0.25, 0.3) is 0 Å². The first-order valence-corrected chi connectivity index (χ1v) is 28.1. The van der Waals surface area contributed by atoms with E-state index in [9.17, 15) is 38.4 Å². The number of nitrogens with zero attached hydrogens (tertiary/aromatic N) is 4. The fourth-order valence-corrected chi connectivity index (χ4v) is 10.5. The lowest BCUT2D eigenvalue weighted by atomic mass is 9.84. The van der Waals surface area contributed by atoms with Gasteiger partial charge in [-0.1, -0.05) is 96.1 Å². The molecule has 1 fully saturated rings. The molecule has 6 rings (SSSR count). The number of ether oxygens (including phenoxy) is 2. The number of likely N-dealkylation sites (tertiary alicyclic amines) is 1. The summed E-state index contributed by atoms with van der Waals surface area (Å²) in [7, 11) is 2.93. The second kappa shape index (κ2) is 25.2. The number of aryl methyl sites for hydroxylation is 3.